The Morgan fingerprint density at radius 3 is 2.89 bits per heavy atom. The average molecular weight is 253 g/mol. The van der Waals surface area contributed by atoms with Gasteiger partial charge in [-0.15, -0.1) is 0 Å². The van der Waals surface area contributed by atoms with Crippen molar-refractivity contribution in [2.45, 2.75) is 19.3 Å². The quantitative estimate of drug-likeness (QED) is 0.765. The van der Waals surface area contributed by atoms with Crippen molar-refractivity contribution in [2.75, 3.05) is 20.3 Å². The number of carbonyl (C=O) groups excluding carboxylic acids is 1. The van der Waals surface area contributed by atoms with Crippen LogP contribution in [0.3, 0.4) is 0 Å². The topological polar surface area (TPSA) is 76.4 Å². The van der Waals surface area contributed by atoms with Crippen LogP contribution in [-0.4, -0.2) is 41.1 Å². The SMILES string of the molecule is COc1cc(C(=O)NCC2(CCO)CC2)nn1C. The maximum Gasteiger partial charge on any atom is 0.271 e. The lowest BCUT2D eigenvalue weighted by atomic mass is 10.0. The first-order valence-electron chi connectivity index (χ1n) is 6.07. The number of aliphatic hydroxyl groups excluding tert-OH is 1. The number of methoxy groups -OCH3 is 1. The van der Waals surface area contributed by atoms with E-state index in [-0.39, 0.29) is 17.9 Å². The Labute approximate surface area is 106 Å². The van der Waals surface area contributed by atoms with Gasteiger partial charge < -0.3 is 15.2 Å². The van der Waals surface area contributed by atoms with Crippen molar-refractivity contribution in [1.82, 2.24) is 15.1 Å². The zero-order chi connectivity index (χ0) is 13.2. The summed E-state index contributed by atoms with van der Waals surface area (Å²) in [6.07, 6.45) is 2.89. The third-order valence-corrected chi connectivity index (χ3v) is 3.50. The van der Waals surface area contributed by atoms with Crippen LogP contribution in [-0.2, 0) is 7.05 Å². The molecule has 1 aliphatic rings. The molecular weight excluding hydrogens is 234 g/mol. The van der Waals surface area contributed by atoms with Gasteiger partial charge in [-0.25, -0.2) is 4.68 Å². The first kappa shape index (κ1) is 12.9. The molecule has 18 heavy (non-hydrogen) atoms. The molecule has 100 valence electrons. The zero-order valence-electron chi connectivity index (χ0n) is 10.8. The van der Waals surface area contributed by atoms with E-state index in [9.17, 15) is 4.79 Å². The second-order valence-corrected chi connectivity index (χ2v) is 4.85. The van der Waals surface area contributed by atoms with Crippen LogP contribution >= 0.6 is 0 Å². The van der Waals surface area contributed by atoms with E-state index in [2.05, 4.69) is 10.4 Å². The predicted molar refractivity (Wildman–Crippen MR) is 65.5 cm³/mol. The van der Waals surface area contributed by atoms with Gasteiger partial charge in [0.1, 0.15) is 0 Å². The fraction of sp³-hybridized carbons (Fsp3) is 0.667. The summed E-state index contributed by atoms with van der Waals surface area (Å²) in [5.41, 5.74) is 0.470. The number of nitrogens with zero attached hydrogens (tertiary/aromatic N) is 2. The highest BCUT2D eigenvalue weighted by atomic mass is 16.5. The molecule has 1 aromatic heterocycles. The molecule has 0 aliphatic heterocycles. The van der Waals surface area contributed by atoms with Gasteiger partial charge in [0.25, 0.3) is 5.91 Å². The highest BCUT2D eigenvalue weighted by Gasteiger charge is 2.42. The van der Waals surface area contributed by atoms with Crippen LogP contribution in [0.4, 0.5) is 0 Å². The van der Waals surface area contributed by atoms with Crippen molar-refractivity contribution >= 4 is 5.91 Å². The third-order valence-electron chi connectivity index (χ3n) is 3.50. The van der Waals surface area contributed by atoms with E-state index in [1.807, 2.05) is 0 Å². The summed E-state index contributed by atoms with van der Waals surface area (Å²) in [5.74, 6) is 0.356. The van der Waals surface area contributed by atoms with Crippen LogP contribution in [0, 0.1) is 5.41 Å². The number of nitrogens with one attached hydrogen (secondary N) is 1. The summed E-state index contributed by atoms with van der Waals surface area (Å²) >= 11 is 0. The van der Waals surface area contributed by atoms with E-state index in [0.717, 1.165) is 19.3 Å². The van der Waals surface area contributed by atoms with Crippen molar-refractivity contribution in [1.29, 1.82) is 0 Å². The summed E-state index contributed by atoms with van der Waals surface area (Å²) < 4.78 is 6.58. The van der Waals surface area contributed by atoms with Crippen molar-refractivity contribution in [3.8, 4) is 5.88 Å². The molecule has 1 fully saturated rings. The van der Waals surface area contributed by atoms with Crippen LogP contribution in [0.5, 0.6) is 5.88 Å². The van der Waals surface area contributed by atoms with Gasteiger partial charge in [0, 0.05) is 26.3 Å². The summed E-state index contributed by atoms with van der Waals surface area (Å²) in [6, 6.07) is 1.61. The normalized spacial score (nSPS) is 16.4. The summed E-state index contributed by atoms with van der Waals surface area (Å²) in [6.45, 7) is 0.776. The number of aromatic nitrogens is 2. The van der Waals surface area contributed by atoms with Crippen molar-refractivity contribution in [3.63, 3.8) is 0 Å². The minimum atomic E-state index is -0.196. The lowest BCUT2D eigenvalue weighted by Crippen LogP contribution is -2.31. The summed E-state index contributed by atoms with van der Waals surface area (Å²) in [7, 11) is 3.27. The number of hydrogen-bond acceptors (Lipinski definition) is 4. The van der Waals surface area contributed by atoms with Gasteiger partial charge >= 0.3 is 0 Å². The van der Waals surface area contributed by atoms with Crippen LogP contribution in [0.15, 0.2) is 6.07 Å². The molecule has 2 N–H and O–H groups in total. The Hall–Kier alpha value is -1.56. The molecule has 0 spiro atoms. The first-order chi connectivity index (χ1) is 8.60. The molecule has 6 nitrogen and oxygen atoms in total. The van der Waals surface area contributed by atoms with Crippen LogP contribution in [0.2, 0.25) is 0 Å². The van der Waals surface area contributed by atoms with E-state index in [0.29, 0.717) is 18.1 Å². The molecule has 0 saturated heterocycles. The van der Waals surface area contributed by atoms with Crippen molar-refractivity contribution < 1.29 is 14.6 Å². The molecule has 6 heteroatoms. The Kier molecular flexibility index (Phi) is 3.56. The molecule has 1 aromatic rings. The van der Waals surface area contributed by atoms with E-state index in [1.165, 1.54) is 4.68 Å². The molecular formula is C12H19N3O3. The molecule has 1 amide bonds. The van der Waals surface area contributed by atoms with Gasteiger partial charge in [-0.3, -0.25) is 4.79 Å². The summed E-state index contributed by atoms with van der Waals surface area (Å²) in [4.78, 5) is 11.9. The minimum Gasteiger partial charge on any atom is -0.481 e. The first-order valence-corrected chi connectivity index (χ1v) is 6.07. The number of amides is 1. The van der Waals surface area contributed by atoms with Gasteiger partial charge in [0.2, 0.25) is 5.88 Å². The van der Waals surface area contributed by atoms with Crippen molar-refractivity contribution in [3.05, 3.63) is 11.8 Å². The van der Waals surface area contributed by atoms with Gasteiger partial charge in [0.05, 0.1) is 7.11 Å². The fourth-order valence-electron chi connectivity index (χ4n) is 2.04. The minimum absolute atomic E-state index is 0.114. The Bertz CT molecular complexity index is 438. The maximum absolute atomic E-state index is 11.9. The molecule has 2 rings (SSSR count). The average Bonchev–Trinajstić information content (AvgIpc) is 3.01. The van der Waals surface area contributed by atoms with Crippen molar-refractivity contribution in [2.24, 2.45) is 12.5 Å². The Morgan fingerprint density at radius 1 is 1.67 bits per heavy atom. The van der Waals surface area contributed by atoms with Gasteiger partial charge in [-0.05, 0) is 24.7 Å². The second kappa shape index (κ2) is 4.97. The molecule has 0 aromatic carbocycles. The van der Waals surface area contributed by atoms with Crippen LogP contribution < -0.4 is 10.1 Å². The maximum atomic E-state index is 11.9. The monoisotopic (exact) mass is 253 g/mol. The fourth-order valence-corrected chi connectivity index (χ4v) is 2.04. The molecule has 0 bridgehead atoms. The number of carbonyl (C=O) groups is 1. The zero-order valence-corrected chi connectivity index (χ0v) is 10.8. The van der Waals surface area contributed by atoms with Gasteiger partial charge in [-0.1, -0.05) is 0 Å². The predicted octanol–water partition coefficient (Wildman–Crippen LogP) is 0.321. The van der Waals surface area contributed by atoms with E-state index in [1.54, 1.807) is 20.2 Å². The molecule has 0 radical (unpaired) electrons. The molecule has 0 atom stereocenters. The van der Waals surface area contributed by atoms with Gasteiger partial charge in [0.15, 0.2) is 5.69 Å². The Morgan fingerprint density at radius 2 is 2.39 bits per heavy atom. The largest absolute Gasteiger partial charge is 0.481 e. The molecule has 1 heterocycles. The summed E-state index contributed by atoms with van der Waals surface area (Å²) in [5, 5.41) is 15.9. The van der Waals surface area contributed by atoms with Crippen LogP contribution in [0.1, 0.15) is 29.8 Å². The highest BCUT2D eigenvalue weighted by Crippen LogP contribution is 2.47. The molecule has 1 saturated carbocycles. The number of rotatable bonds is 6. The van der Waals surface area contributed by atoms with E-state index >= 15 is 0 Å². The lowest BCUT2D eigenvalue weighted by molar-refractivity contribution is 0.0935. The van der Waals surface area contributed by atoms with E-state index in [4.69, 9.17) is 9.84 Å². The second-order valence-electron chi connectivity index (χ2n) is 4.85. The molecule has 0 unspecified atom stereocenters. The number of aryl methyl sites for hydroxylation is 1. The standard InChI is InChI=1S/C12H19N3O3/c1-15-10(18-2)7-9(14-15)11(17)13-8-12(3-4-12)5-6-16/h7,16H,3-6,8H2,1-2H3,(H,13,17). The van der Waals surface area contributed by atoms with E-state index < -0.39 is 0 Å². The molecule has 1 aliphatic carbocycles. The number of ether oxygens (including phenoxy) is 1. The highest BCUT2D eigenvalue weighted by molar-refractivity contribution is 5.92. The van der Waals surface area contributed by atoms with Gasteiger partial charge in [-0.2, -0.15) is 5.10 Å². The van der Waals surface area contributed by atoms with Crippen LogP contribution in [0.25, 0.3) is 0 Å². The third kappa shape index (κ3) is 2.64. The Balaban J connectivity index is 1.91. The smallest absolute Gasteiger partial charge is 0.271 e. The number of hydrogen-bond donors (Lipinski definition) is 2. The lowest BCUT2D eigenvalue weighted by Gasteiger charge is -2.13. The number of aliphatic hydroxyl groups is 1.